The van der Waals surface area contributed by atoms with Gasteiger partial charge in [0.05, 0.1) is 10.6 Å². The molecule has 1 aliphatic heterocycles. The molecule has 0 aliphatic carbocycles. The van der Waals surface area contributed by atoms with Gasteiger partial charge in [0.25, 0.3) is 0 Å². The highest BCUT2D eigenvalue weighted by atomic mass is 32.2. The Bertz CT molecular complexity index is 1450. The maximum Gasteiger partial charge on any atom is 0.243 e. The fourth-order valence-corrected chi connectivity index (χ4v) is 6.55. The third kappa shape index (κ3) is 4.24. The second-order valence-corrected chi connectivity index (χ2v) is 11.1. The lowest BCUT2D eigenvalue weighted by molar-refractivity contribution is -0.120. The number of fused-ring (bicyclic) bond motifs is 1. The third-order valence-electron chi connectivity index (χ3n) is 6.16. The number of nitrogens with zero attached hydrogens (tertiary/aromatic N) is 2. The van der Waals surface area contributed by atoms with Gasteiger partial charge in [0, 0.05) is 46.5 Å². The zero-order chi connectivity index (χ0) is 23.9. The minimum Gasteiger partial charge on any atom is -0.358 e. The summed E-state index contributed by atoms with van der Waals surface area (Å²) >= 11 is 1.37. The van der Waals surface area contributed by atoms with Gasteiger partial charge in [0.1, 0.15) is 5.82 Å². The van der Waals surface area contributed by atoms with Crippen LogP contribution in [0.4, 0.5) is 9.52 Å². The first-order valence-corrected chi connectivity index (χ1v) is 13.2. The molecule has 0 saturated carbocycles. The fraction of sp³-hybridized carbons (Fsp3) is 0.250. The van der Waals surface area contributed by atoms with Crippen molar-refractivity contribution in [1.29, 1.82) is 0 Å². The second-order valence-electron chi connectivity index (χ2n) is 8.33. The van der Waals surface area contributed by atoms with Crippen molar-refractivity contribution in [3.63, 3.8) is 0 Å². The van der Waals surface area contributed by atoms with Gasteiger partial charge in [-0.2, -0.15) is 4.31 Å². The molecule has 0 bridgehead atoms. The van der Waals surface area contributed by atoms with Gasteiger partial charge in [-0.15, -0.1) is 11.3 Å². The molecule has 0 radical (unpaired) electrons. The zero-order valence-corrected chi connectivity index (χ0v) is 20.0. The number of thiazole rings is 1. The van der Waals surface area contributed by atoms with Crippen molar-refractivity contribution in [2.45, 2.75) is 24.7 Å². The van der Waals surface area contributed by atoms with Crippen LogP contribution in [0.2, 0.25) is 0 Å². The molecule has 3 heterocycles. The summed E-state index contributed by atoms with van der Waals surface area (Å²) in [5.74, 6) is -0.947. The molecule has 0 atom stereocenters. The standard InChI is InChI=1S/C24H23FN4O3S2/c1-15-22(19-4-2-3-5-20(19)26-15)21-14-33-24(27-21)28-23(30)16-10-12-29(13-11-16)34(31,32)18-8-6-17(25)7-9-18/h2-9,14,16,26H,10-13H2,1H3,(H,27,28,30). The molecular weight excluding hydrogens is 475 g/mol. The van der Waals surface area contributed by atoms with Gasteiger partial charge in [-0.05, 0) is 50.1 Å². The number of aromatic amines is 1. The Kier molecular flexibility index (Phi) is 5.97. The number of benzene rings is 2. The number of hydrogen-bond donors (Lipinski definition) is 2. The summed E-state index contributed by atoms with van der Waals surface area (Å²) in [4.78, 5) is 20.9. The molecule has 1 amide bonds. The minimum atomic E-state index is -3.71. The lowest BCUT2D eigenvalue weighted by Gasteiger charge is -2.30. The van der Waals surface area contributed by atoms with Gasteiger partial charge >= 0.3 is 0 Å². The molecule has 1 aliphatic rings. The Morgan fingerprint density at radius 2 is 1.85 bits per heavy atom. The topological polar surface area (TPSA) is 95.2 Å². The summed E-state index contributed by atoms with van der Waals surface area (Å²) < 4.78 is 40.1. The molecular formula is C24H23FN4O3S2. The monoisotopic (exact) mass is 498 g/mol. The van der Waals surface area contributed by atoms with E-state index in [1.807, 2.05) is 36.6 Å². The van der Waals surface area contributed by atoms with Crippen LogP contribution in [0.3, 0.4) is 0 Å². The predicted molar refractivity (Wildman–Crippen MR) is 131 cm³/mol. The molecule has 5 rings (SSSR count). The van der Waals surface area contributed by atoms with E-state index in [1.54, 1.807) is 0 Å². The van der Waals surface area contributed by atoms with Crippen LogP contribution in [0.5, 0.6) is 0 Å². The minimum absolute atomic E-state index is 0.0553. The van der Waals surface area contributed by atoms with Crippen LogP contribution in [0.1, 0.15) is 18.5 Å². The molecule has 2 aromatic heterocycles. The van der Waals surface area contributed by atoms with Crippen LogP contribution in [0, 0.1) is 18.7 Å². The van der Waals surface area contributed by atoms with Crippen molar-refractivity contribution in [2.24, 2.45) is 5.92 Å². The van der Waals surface area contributed by atoms with Gasteiger partial charge in [-0.25, -0.2) is 17.8 Å². The van der Waals surface area contributed by atoms with Crippen molar-refractivity contribution in [3.05, 3.63) is 65.4 Å². The number of aromatic nitrogens is 2. The van der Waals surface area contributed by atoms with Gasteiger partial charge in [-0.1, -0.05) is 18.2 Å². The number of halogens is 1. The molecule has 0 unspecified atom stereocenters. The van der Waals surface area contributed by atoms with Gasteiger partial charge in [0.2, 0.25) is 15.9 Å². The molecule has 34 heavy (non-hydrogen) atoms. The number of carbonyl (C=O) groups excluding carboxylic acids is 1. The zero-order valence-electron chi connectivity index (χ0n) is 18.4. The highest BCUT2D eigenvalue weighted by Gasteiger charge is 2.32. The molecule has 0 spiro atoms. The Hall–Kier alpha value is -3.08. The first-order valence-electron chi connectivity index (χ1n) is 10.9. The van der Waals surface area contributed by atoms with Crippen molar-refractivity contribution < 1.29 is 17.6 Å². The first kappa shape index (κ1) is 22.7. The number of anilines is 1. The molecule has 2 N–H and O–H groups in total. The largest absolute Gasteiger partial charge is 0.358 e. The van der Waals surface area contributed by atoms with Crippen LogP contribution in [0.25, 0.3) is 22.2 Å². The Labute approximate surface area is 200 Å². The second kappa shape index (κ2) is 8.94. The summed E-state index contributed by atoms with van der Waals surface area (Å²) in [5.41, 5.74) is 3.87. The summed E-state index contributed by atoms with van der Waals surface area (Å²) in [6, 6.07) is 12.8. The van der Waals surface area contributed by atoms with E-state index in [4.69, 9.17) is 0 Å². The lowest BCUT2D eigenvalue weighted by atomic mass is 9.97. The van der Waals surface area contributed by atoms with Crippen LogP contribution in [-0.4, -0.2) is 41.7 Å². The molecule has 10 heteroatoms. The first-order chi connectivity index (χ1) is 16.3. The molecule has 176 valence electrons. The third-order valence-corrected chi connectivity index (χ3v) is 8.83. The summed E-state index contributed by atoms with van der Waals surface area (Å²) in [7, 11) is -3.71. The highest BCUT2D eigenvalue weighted by Crippen LogP contribution is 2.34. The molecule has 1 fully saturated rings. The Morgan fingerprint density at radius 3 is 2.59 bits per heavy atom. The summed E-state index contributed by atoms with van der Waals surface area (Å²) in [6.07, 6.45) is 0.818. The number of H-pyrrole nitrogens is 1. The number of piperidine rings is 1. The quantitative estimate of drug-likeness (QED) is 0.414. The van der Waals surface area contributed by atoms with Gasteiger partial charge in [-0.3, -0.25) is 4.79 Å². The lowest BCUT2D eigenvalue weighted by Crippen LogP contribution is -2.41. The highest BCUT2D eigenvalue weighted by molar-refractivity contribution is 7.89. The number of hydrogen-bond acceptors (Lipinski definition) is 5. The van der Waals surface area contributed by atoms with E-state index in [2.05, 4.69) is 15.3 Å². The van der Waals surface area contributed by atoms with Crippen molar-refractivity contribution in [1.82, 2.24) is 14.3 Å². The fourth-order valence-electron chi connectivity index (χ4n) is 4.37. The van der Waals surface area contributed by atoms with Crippen LogP contribution < -0.4 is 5.32 Å². The van der Waals surface area contributed by atoms with Crippen molar-refractivity contribution >= 4 is 43.3 Å². The van der Waals surface area contributed by atoms with E-state index in [0.717, 1.165) is 40.0 Å². The van der Waals surface area contributed by atoms with Gasteiger partial charge < -0.3 is 10.3 Å². The number of sulfonamides is 1. The van der Waals surface area contributed by atoms with E-state index in [-0.39, 0.29) is 29.8 Å². The number of rotatable bonds is 5. The predicted octanol–water partition coefficient (Wildman–Crippen LogP) is 4.78. The number of para-hydroxylation sites is 1. The van der Waals surface area contributed by atoms with E-state index >= 15 is 0 Å². The molecule has 7 nitrogen and oxygen atoms in total. The molecule has 2 aromatic carbocycles. The molecule has 4 aromatic rings. The number of amides is 1. The normalized spacial score (nSPS) is 15.6. The SMILES string of the molecule is Cc1[nH]c2ccccc2c1-c1csc(NC(=O)C2CCN(S(=O)(=O)c3ccc(F)cc3)CC2)n1. The average molecular weight is 499 g/mol. The summed E-state index contributed by atoms with van der Waals surface area (Å²) in [6.45, 7) is 2.46. The Morgan fingerprint density at radius 1 is 1.15 bits per heavy atom. The number of carbonyl (C=O) groups is 1. The van der Waals surface area contributed by atoms with Crippen molar-refractivity contribution in [2.75, 3.05) is 18.4 Å². The van der Waals surface area contributed by atoms with Crippen LogP contribution >= 0.6 is 11.3 Å². The van der Waals surface area contributed by atoms with Crippen molar-refractivity contribution in [3.8, 4) is 11.3 Å². The average Bonchev–Trinajstić information content (AvgIpc) is 3.42. The molecule has 1 saturated heterocycles. The number of aryl methyl sites for hydroxylation is 1. The van der Waals surface area contributed by atoms with E-state index in [0.29, 0.717) is 18.0 Å². The smallest absolute Gasteiger partial charge is 0.243 e. The maximum absolute atomic E-state index is 13.1. The summed E-state index contributed by atoms with van der Waals surface area (Å²) in [5, 5.41) is 6.43. The van der Waals surface area contributed by atoms with Crippen LogP contribution in [-0.2, 0) is 14.8 Å². The number of nitrogens with one attached hydrogen (secondary N) is 2. The Balaban J connectivity index is 1.24. The van der Waals surface area contributed by atoms with Gasteiger partial charge in [0.15, 0.2) is 5.13 Å². The maximum atomic E-state index is 13.1. The van der Waals surface area contributed by atoms with E-state index in [1.165, 1.54) is 27.8 Å². The van der Waals surface area contributed by atoms with E-state index < -0.39 is 15.8 Å². The van der Waals surface area contributed by atoms with Crippen LogP contribution in [0.15, 0.2) is 58.8 Å². The van der Waals surface area contributed by atoms with E-state index in [9.17, 15) is 17.6 Å².